The first-order valence-corrected chi connectivity index (χ1v) is 9.62. The van der Waals surface area contributed by atoms with Crippen LogP contribution in [0.1, 0.15) is 16.1 Å². The van der Waals surface area contributed by atoms with Crippen molar-refractivity contribution < 1.29 is 31.9 Å². The molecule has 0 spiro atoms. The molecule has 2 N–H and O–H groups in total. The number of nitrogens with zero attached hydrogens (tertiary/aromatic N) is 1. The number of aryl methyl sites for hydroxylation is 2. The van der Waals surface area contributed by atoms with E-state index in [4.69, 9.17) is 4.74 Å². The number of halogens is 1. The minimum Gasteiger partial charge on any atom is -0.487 e. The number of carbonyl (C=O) groups excluding carboxylic acids is 2. The highest BCUT2D eigenvalue weighted by Gasteiger charge is 2.37. The third-order valence-corrected chi connectivity index (χ3v) is 5.68. The summed E-state index contributed by atoms with van der Waals surface area (Å²) in [6.45, 7) is 1.23. The molecule has 1 aromatic heterocycles. The van der Waals surface area contributed by atoms with Gasteiger partial charge in [-0.15, -0.1) is 0 Å². The van der Waals surface area contributed by atoms with Crippen LogP contribution in [0.2, 0.25) is 0 Å². The van der Waals surface area contributed by atoms with Crippen molar-refractivity contribution in [1.29, 1.82) is 0 Å². The molecule has 1 aromatic carbocycles. The lowest BCUT2D eigenvalue weighted by Crippen LogP contribution is -2.43. The van der Waals surface area contributed by atoms with E-state index in [2.05, 4.69) is 14.8 Å². The maximum absolute atomic E-state index is 13.7. The van der Waals surface area contributed by atoms with Gasteiger partial charge in [0.15, 0.2) is 17.5 Å². The molecule has 0 saturated carbocycles. The van der Waals surface area contributed by atoms with Gasteiger partial charge >= 0.3 is 5.97 Å². The first kappa shape index (κ1) is 19.8. The smallest absolute Gasteiger partial charge is 0.327 e. The normalized spacial score (nSPS) is 17.8. The van der Waals surface area contributed by atoms with E-state index < -0.39 is 33.8 Å². The van der Waals surface area contributed by atoms with E-state index in [1.165, 1.54) is 29.9 Å². The molecule has 0 aliphatic carbocycles. The maximum Gasteiger partial charge on any atom is 0.327 e. The molecule has 11 heteroatoms. The molecule has 3 rings (SSSR count). The minimum atomic E-state index is -4.14. The summed E-state index contributed by atoms with van der Waals surface area (Å²) in [5, 5.41) is 2.51. The summed E-state index contributed by atoms with van der Waals surface area (Å²) in [6, 6.07) is 2.92. The molecule has 0 radical (unpaired) electrons. The molecule has 2 heterocycles. The molecule has 1 atom stereocenters. The Morgan fingerprint density at radius 3 is 2.75 bits per heavy atom. The zero-order chi connectivity index (χ0) is 20.6. The number of benzene rings is 1. The van der Waals surface area contributed by atoms with Gasteiger partial charge in [-0.2, -0.15) is 4.72 Å². The Kier molecular flexibility index (Phi) is 5.13. The Bertz CT molecular complexity index is 1060. The van der Waals surface area contributed by atoms with Gasteiger partial charge in [-0.3, -0.25) is 9.59 Å². The van der Waals surface area contributed by atoms with E-state index >= 15 is 0 Å². The van der Waals surface area contributed by atoms with Gasteiger partial charge in [-0.05, 0) is 24.6 Å². The van der Waals surface area contributed by atoms with Gasteiger partial charge in [0.25, 0.3) is 5.91 Å². The summed E-state index contributed by atoms with van der Waals surface area (Å²) in [5.74, 6) is -2.21. The van der Waals surface area contributed by atoms with Gasteiger partial charge in [0, 0.05) is 18.9 Å². The molecule has 28 heavy (non-hydrogen) atoms. The second kappa shape index (κ2) is 7.24. The van der Waals surface area contributed by atoms with Crippen molar-refractivity contribution in [1.82, 2.24) is 9.29 Å². The predicted octanol–water partition coefficient (Wildman–Crippen LogP) is 0.937. The first-order chi connectivity index (χ1) is 13.1. The quantitative estimate of drug-likeness (QED) is 0.727. The number of sulfonamides is 1. The fraction of sp³-hybridized carbons (Fsp3) is 0.294. The minimum absolute atomic E-state index is 0.0909. The number of esters is 1. The second-order valence-electron chi connectivity index (χ2n) is 6.21. The number of nitrogens with one attached hydrogen (secondary N) is 2. The predicted molar refractivity (Wildman–Crippen MR) is 96.1 cm³/mol. The van der Waals surface area contributed by atoms with Crippen LogP contribution in [0, 0.1) is 12.7 Å². The fourth-order valence-electron chi connectivity index (χ4n) is 2.74. The highest BCUT2D eigenvalue weighted by Crippen LogP contribution is 2.33. The number of hydrogen-bond donors (Lipinski definition) is 2. The van der Waals surface area contributed by atoms with Gasteiger partial charge < -0.3 is 19.4 Å². The summed E-state index contributed by atoms with van der Waals surface area (Å²) in [4.78, 5) is 24.1. The van der Waals surface area contributed by atoms with Crippen LogP contribution in [0.15, 0.2) is 29.3 Å². The number of hydrogen-bond acceptors (Lipinski definition) is 6. The Hall–Kier alpha value is -2.92. The SMILES string of the molecule is COC(=O)C1COc2c(cn(C)c2C(=O)Nc2ccc(C)c(F)c2)S(=O)(=O)N1. The highest BCUT2D eigenvalue weighted by atomic mass is 32.2. The Labute approximate surface area is 160 Å². The maximum atomic E-state index is 13.7. The summed E-state index contributed by atoms with van der Waals surface area (Å²) in [6.07, 6.45) is 1.20. The molecular weight excluding hydrogens is 393 g/mol. The average Bonchev–Trinajstić information content (AvgIpc) is 2.92. The number of fused-ring (bicyclic) bond motifs is 1. The highest BCUT2D eigenvalue weighted by molar-refractivity contribution is 7.89. The van der Waals surface area contributed by atoms with Crippen molar-refractivity contribution in [2.75, 3.05) is 19.0 Å². The van der Waals surface area contributed by atoms with Crippen molar-refractivity contribution in [3.8, 4) is 5.75 Å². The van der Waals surface area contributed by atoms with Crippen LogP contribution < -0.4 is 14.8 Å². The molecule has 9 nitrogen and oxygen atoms in total. The van der Waals surface area contributed by atoms with Crippen LogP contribution >= 0.6 is 0 Å². The van der Waals surface area contributed by atoms with Crippen molar-refractivity contribution >= 4 is 27.6 Å². The monoisotopic (exact) mass is 411 g/mol. The van der Waals surface area contributed by atoms with Crippen molar-refractivity contribution in [3.63, 3.8) is 0 Å². The molecule has 2 aromatic rings. The Balaban J connectivity index is 1.97. The van der Waals surface area contributed by atoms with Crippen molar-refractivity contribution in [2.24, 2.45) is 7.05 Å². The van der Waals surface area contributed by atoms with E-state index in [0.717, 1.165) is 13.2 Å². The molecule has 0 bridgehead atoms. The van der Waals surface area contributed by atoms with Crippen LogP contribution in [0.25, 0.3) is 0 Å². The summed E-state index contributed by atoms with van der Waals surface area (Å²) >= 11 is 0. The van der Waals surface area contributed by atoms with Gasteiger partial charge in [0.05, 0.1) is 7.11 Å². The number of anilines is 1. The fourth-order valence-corrected chi connectivity index (χ4v) is 4.10. The number of aromatic nitrogens is 1. The van der Waals surface area contributed by atoms with Crippen molar-refractivity contribution in [3.05, 3.63) is 41.5 Å². The molecule has 0 fully saturated rings. The molecule has 150 valence electrons. The summed E-state index contributed by atoms with van der Waals surface area (Å²) in [7, 11) is -1.55. The molecule has 1 aliphatic heterocycles. The Morgan fingerprint density at radius 1 is 1.39 bits per heavy atom. The third kappa shape index (κ3) is 3.58. The first-order valence-electron chi connectivity index (χ1n) is 8.14. The number of amides is 1. The van der Waals surface area contributed by atoms with Crippen LogP contribution in [-0.2, 0) is 26.6 Å². The lowest BCUT2D eigenvalue weighted by molar-refractivity contribution is -0.143. The van der Waals surface area contributed by atoms with Gasteiger partial charge in [-0.25, -0.2) is 12.8 Å². The van der Waals surface area contributed by atoms with E-state index in [9.17, 15) is 22.4 Å². The van der Waals surface area contributed by atoms with E-state index in [1.807, 2.05) is 0 Å². The van der Waals surface area contributed by atoms with E-state index in [0.29, 0.717) is 5.56 Å². The number of ether oxygens (including phenoxy) is 2. The van der Waals surface area contributed by atoms with Crippen LogP contribution in [0.5, 0.6) is 5.75 Å². The van der Waals surface area contributed by atoms with Crippen LogP contribution in [-0.4, -0.2) is 44.6 Å². The topological polar surface area (TPSA) is 116 Å². The molecule has 1 amide bonds. The standard InChI is InChI=1S/C17H18FN3O6S/c1-9-4-5-10(6-11(9)18)19-16(22)14-15-13(7-21(14)2)28(24,25)20-12(8-27-15)17(23)26-3/h4-7,12,20H,8H2,1-3H3,(H,19,22). The van der Waals surface area contributed by atoms with Crippen LogP contribution in [0.3, 0.4) is 0 Å². The molecule has 1 unspecified atom stereocenters. The van der Waals surface area contributed by atoms with Gasteiger partial charge in [0.1, 0.15) is 17.3 Å². The third-order valence-electron chi connectivity index (χ3n) is 4.21. The largest absolute Gasteiger partial charge is 0.487 e. The number of rotatable bonds is 3. The van der Waals surface area contributed by atoms with E-state index in [-0.39, 0.29) is 28.6 Å². The molecular formula is C17H18FN3O6S. The molecule has 0 saturated heterocycles. The zero-order valence-corrected chi connectivity index (χ0v) is 16.1. The summed E-state index contributed by atoms with van der Waals surface area (Å²) in [5.41, 5.74) is 0.525. The van der Waals surface area contributed by atoms with Crippen molar-refractivity contribution in [2.45, 2.75) is 17.9 Å². The lowest BCUT2D eigenvalue weighted by atomic mass is 10.2. The summed E-state index contributed by atoms with van der Waals surface area (Å²) < 4.78 is 52.3. The number of carbonyl (C=O) groups is 2. The van der Waals surface area contributed by atoms with E-state index in [1.54, 1.807) is 6.92 Å². The Morgan fingerprint density at radius 2 is 2.11 bits per heavy atom. The average molecular weight is 411 g/mol. The zero-order valence-electron chi connectivity index (χ0n) is 15.3. The second-order valence-corrected chi connectivity index (χ2v) is 7.89. The van der Waals surface area contributed by atoms with Crippen LogP contribution in [0.4, 0.5) is 10.1 Å². The lowest BCUT2D eigenvalue weighted by Gasteiger charge is -2.13. The van der Waals surface area contributed by atoms with Gasteiger partial charge in [0.2, 0.25) is 10.0 Å². The van der Waals surface area contributed by atoms with Gasteiger partial charge in [-0.1, -0.05) is 6.07 Å². The number of methoxy groups -OCH3 is 1. The molecule has 1 aliphatic rings.